The molecule has 1 aromatic carbocycles. The van der Waals surface area contributed by atoms with Crippen molar-refractivity contribution in [1.82, 2.24) is 10.2 Å². The molecule has 88 valence electrons. The van der Waals surface area contributed by atoms with Gasteiger partial charge in [0.25, 0.3) is 0 Å². The normalized spacial score (nSPS) is 13.4. The molecular formula is C12H13N3O2. The fourth-order valence-corrected chi connectivity index (χ4v) is 2.04. The number of amides is 1. The Morgan fingerprint density at radius 1 is 1.35 bits per heavy atom. The second-order valence-corrected chi connectivity index (χ2v) is 3.89. The molecule has 0 saturated heterocycles. The minimum atomic E-state index is 0. The van der Waals surface area contributed by atoms with Crippen LogP contribution in [0.1, 0.15) is 11.1 Å². The van der Waals surface area contributed by atoms with Gasteiger partial charge in [-0.1, -0.05) is 18.2 Å². The third-order valence-electron chi connectivity index (χ3n) is 2.82. The van der Waals surface area contributed by atoms with Crippen molar-refractivity contribution in [3.8, 4) is 0 Å². The summed E-state index contributed by atoms with van der Waals surface area (Å²) in [6.45, 7) is 0.590. The SMILES string of the molecule is O.O=C1Cc2ccccc2N1Cc1cn[nH]c1. The summed E-state index contributed by atoms with van der Waals surface area (Å²) in [4.78, 5) is 13.7. The van der Waals surface area contributed by atoms with E-state index in [2.05, 4.69) is 10.2 Å². The Bertz CT molecular complexity index is 522. The van der Waals surface area contributed by atoms with Crippen molar-refractivity contribution in [3.63, 3.8) is 0 Å². The van der Waals surface area contributed by atoms with E-state index in [4.69, 9.17) is 0 Å². The number of H-pyrrole nitrogens is 1. The van der Waals surface area contributed by atoms with Crippen molar-refractivity contribution in [2.75, 3.05) is 4.90 Å². The van der Waals surface area contributed by atoms with Crippen LogP contribution in [0.15, 0.2) is 36.7 Å². The monoisotopic (exact) mass is 231 g/mol. The number of hydrogen-bond acceptors (Lipinski definition) is 2. The van der Waals surface area contributed by atoms with Gasteiger partial charge >= 0.3 is 0 Å². The minimum absolute atomic E-state index is 0. The largest absolute Gasteiger partial charge is 0.412 e. The van der Waals surface area contributed by atoms with Gasteiger partial charge in [0.2, 0.25) is 5.91 Å². The van der Waals surface area contributed by atoms with Crippen molar-refractivity contribution < 1.29 is 10.3 Å². The van der Waals surface area contributed by atoms with E-state index in [1.165, 1.54) is 0 Å². The second-order valence-electron chi connectivity index (χ2n) is 3.89. The Morgan fingerprint density at radius 3 is 2.94 bits per heavy atom. The Kier molecular flexibility index (Phi) is 2.93. The van der Waals surface area contributed by atoms with Crippen molar-refractivity contribution in [3.05, 3.63) is 47.8 Å². The average molecular weight is 231 g/mol. The van der Waals surface area contributed by atoms with Crippen LogP contribution in [-0.2, 0) is 17.8 Å². The van der Waals surface area contributed by atoms with Gasteiger partial charge in [0.05, 0.1) is 19.2 Å². The van der Waals surface area contributed by atoms with Gasteiger partial charge in [-0.3, -0.25) is 9.89 Å². The summed E-state index contributed by atoms with van der Waals surface area (Å²) in [5, 5.41) is 6.64. The third-order valence-corrected chi connectivity index (χ3v) is 2.82. The number of carbonyl (C=O) groups is 1. The molecule has 0 radical (unpaired) electrons. The molecule has 2 aromatic rings. The minimum Gasteiger partial charge on any atom is -0.412 e. The highest BCUT2D eigenvalue weighted by atomic mass is 16.2. The molecule has 2 heterocycles. The molecule has 0 bridgehead atoms. The van der Waals surface area contributed by atoms with Gasteiger partial charge < -0.3 is 10.4 Å². The summed E-state index contributed by atoms with van der Waals surface area (Å²) in [5.41, 5.74) is 3.15. The quantitative estimate of drug-likeness (QED) is 0.824. The second kappa shape index (κ2) is 4.39. The number of benzene rings is 1. The van der Waals surface area contributed by atoms with Crippen molar-refractivity contribution >= 4 is 11.6 Å². The first-order valence-corrected chi connectivity index (χ1v) is 5.20. The number of anilines is 1. The fraction of sp³-hybridized carbons (Fsp3) is 0.167. The summed E-state index contributed by atoms with van der Waals surface area (Å²) >= 11 is 0. The lowest BCUT2D eigenvalue weighted by Crippen LogP contribution is -2.25. The maximum atomic E-state index is 11.9. The summed E-state index contributed by atoms with van der Waals surface area (Å²) in [7, 11) is 0. The van der Waals surface area contributed by atoms with Gasteiger partial charge in [-0.2, -0.15) is 5.10 Å². The maximum absolute atomic E-state index is 11.9. The van der Waals surface area contributed by atoms with Crippen LogP contribution in [-0.4, -0.2) is 21.6 Å². The van der Waals surface area contributed by atoms with Crippen LogP contribution < -0.4 is 4.90 Å². The Morgan fingerprint density at radius 2 is 2.18 bits per heavy atom. The highest BCUT2D eigenvalue weighted by Gasteiger charge is 2.26. The molecule has 17 heavy (non-hydrogen) atoms. The van der Waals surface area contributed by atoms with Crippen LogP contribution in [0.2, 0.25) is 0 Å². The van der Waals surface area contributed by atoms with Crippen LogP contribution in [0.3, 0.4) is 0 Å². The summed E-state index contributed by atoms with van der Waals surface area (Å²) in [5.74, 6) is 0.155. The zero-order chi connectivity index (χ0) is 11.0. The van der Waals surface area contributed by atoms with Crippen molar-refractivity contribution in [1.29, 1.82) is 0 Å². The standard InChI is InChI=1S/C12H11N3O.H2O/c16-12-5-10-3-1-2-4-11(10)15(12)8-9-6-13-14-7-9;/h1-4,6-7H,5,8H2,(H,13,14);1H2. The Balaban J connectivity index is 0.00000108. The van der Waals surface area contributed by atoms with Gasteiger partial charge in [-0.05, 0) is 11.6 Å². The lowest BCUT2D eigenvalue weighted by atomic mass is 10.2. The third kappa shape index (κ3) is 1.92. The van der Waals surface area contributed by atoms with Gasteiger partial charge in [0.15, 0.2) is 0 Å². The molecule has 0 atom stereocenters. The number of hydrogen-bond donors (Lipinski definition) is 1. The van der Waals surface area contributed by atoms with E-state index >= 15 is 0 Å². The number of nitrogens with one attached hydrogen (secondary N) is 1. The van der Waals surface area contributed by atoms with Crippen LogP contribution >= 0.6 is 0 Å². The molecule has 3 N–H and O–H groups in total. The lowest BCUT2D eigenvalue weighted by molar-refractivity contribution is -0.117. The number of carbonyl (C=O) groups excluding carboxylic acids is 1. The zero-order valence-corrected chi connectivity index (χ0v) is 9.18. The van der Waals surface area contributed by atoms with Crippen molar-refractivity contribution in [2.45, 2.75) is 13.0 Å². The topological polar surface area (TPSA) is 80.5 Å². The van der Waals surface area contributed by atoms with Crippen LogP contribution in [0.25, 0.3) is 0 Å². The molecule has 0 fully saturated rings. The molecule has 5 heteroatoms. The van der Waals surface area contributed by atoms with Gasteiger partial charge in [0, 0.05) is 17.4 Å². The predicted octanol–water partition coefficient (Wildman–Crippen LogP) is 0.674. The summed E-state index contributed by atoms with van der Waals surface area (Å²) in [6, 6.07) is 7.91. The van der Waals surface area contributed by atoms with Gasteiger partial charge in [0.1, 0.15) is 0 Å². The number of nitrogens with zero attached hydrogens (tertiary/aromatic N) is 2. The highest BCUT2D eigenvalue weighted by Crippen LogP contribution is 2.29. The first kappa shape index (κ1) is 11.3. The van der Waals surface area contributed by atoms with E-state index in [0.29, 0.717) is 13.0 Å². The molecule has 1 aliphatic rings. The summed E-state index contributed by atoms with van der Waals surface area (Å²) < 4.78 is 0. The van der Waals surface area contributed by atoms with E-state index in [1.54, 1.807) is 11.1 Å². The molecule has 1 aliphatic heterocycles. The molecule has 0 aliphatic carbocycles. The lowest BCUT2D eigenvalue weighted by Gasteiger charge is -2.16. The highest BCUT2D eigenvalue weighted by molar-refractivity contribution is 6.01. The Hall–Kier alpha value is -2.14. The smallest absolute Gasteiger partial charge is 0.231 e. The number of fused-ring (bicyclic) bond motifs is 1. The number of aromatic nitrogens is 2. The van der Waals surface area contributed by atoms with E-state index in [9.17, 15) is 4.79 Å². The maximum Gasteiger partial charge on any atom is 0.231 e. The summed E-state index contributed by atoms with van der Waals surface area (Å²) in [6.07, 6.45) is 4.07. The molecule has 5 nitrogen and oxygen atoms in total. The van der Waals surface area contributed by atoms with Crippen molar-refractivity contribution in [2.24, 2.45) is 0 Å². The molecule has 3 rings (SSSR count). The first-order chi connectivity index (χ1) is 7.84. The zero-order valence-electron chi connectivity index (χ0n) is 9.18. The van der Waals surface area contributed by atoms with E-state index in [-0.39, 0.29) is 11.4 Å². The first-order valence-electron chi connectivity index (χ1n) is 5.20. The van der Waals surface area contributed by atoms with E-state index in [0.717, 1.165) is 16.8 Å². The van der Waals surface area contributed by atoms with Crippen LogP contribution in [0.4, 0.5) is 5.69 Å². The number of rotatable bonds is 2. The fourth-order valence-electron chi connectivity index (χ4n) is 2.04. The molecule has 1 aromatic heterocycles. The molecule has 0 unspecified atom stereocenters. The van der Waals surface area contributed by atoms with Crippen LogP contribution in [0.5, 0.6) is 0 Å². The van der Waals surface area contributed by atoms with Gasteiger partial charge in [-0.15, -0.1) is 0 Å². The number of aromatic amines is 1. The van der Waals surface area contributed by atoms with E-state index < -0.39 is 0 Å². The molecule has 0 saturated carbocycles. The van der Waals surface area contributed by atoms with Gasteiger partial charge in [-0.25, -0.2) is 0 Å². The molecule has 0 spiro atoms. The van der Waals surface area contributed by atoms with E-state index in [1.807, 2.05) is 30.5 Å². The molecule has 1 amide bonds. The van der Waals surface area contributed by atoms with Crippen LogP contribution in [0, 0.1) is 0 Å². The number of para-hydroxylation sites is 1. The Labute approximate surface area is 98.4 Å². The predicted molar refractivity (Wildman–Crippen MR) is 63.5 cm³/mol. The average Bonchev–Trinajstić information content (AvgIpc) is 2.89. The molecular weight excluding hydrogens is 218 g/mol.